The van der Waals surface area contributed by atoms with E-state index < -0.39 is 6.10 Å². The fourth-order valence-corrected chi connectivity index (χ4v) is 1.96. The first-order chi connectivity index (χ1) is 9.36. The standard InChI is InChI=1S/C15H24N2O3/c1-5-8-17(10-15(20)16(3)4)12-6-7-13(11(2)18)14(19)9-12/h6-7,9,11,18-19H,5,8,10H2,1-4H3. The third-order valence-electron chi connectivity index (χ3n) is 3.15. The number of rotatable bonds is 6. The zero-order valence-corrected chi connectivity index (χ0v) is 12.6. The van der Waals surface area contributed by atoms with Crippen LogP contribution in [0.5, 0.6) is 5.75 Å². The summed E-state index contributed by atoms with van der Waals surface area (Å²) in [7, 11) is 3.45. The first-order valence-corrected chi connectivity index (χ1v) is 6.82. The molecule has 0 aromatic heterocycles. The van der Waals surface area contributed by atoms with Crippen LogP contribution in [0.4, 0.5) is 5.69 Å². The number of benzene rings is 1. The number of amides is 1. The van der Waals surface area contributed by atoms with Gasteiger partial charge in [-0.3, -0.25) is 4.79 Å². The molecule has 1 rings (SSSR count). The van der Waals surface area contributed by atoms with E-state index in [1.165, 1.54) is 0 Å². The van der Waals surface area contributed by atoms with Gasteiger partial charge in [0.1, 0.15) is 5.75 Å². The average molecular weight is 280 g/mol. The minimum atomic E-state index is -0.716. The van der Waals surface area contributed by atoms with E-state index in [4.69, 9.17) is 0 Å². The van der Waals surface area contributed by atoms with Crippen LogP contribution >= 0.6 is 0 Å². The van der Waals surface area contributed by atoms with E-state index in [1.807, 2.05) is 17.9 Å². The van der Waals surface area contributed by atoms with Gasteiger partial charge in [0.2, 0.25) is 5.91 Å². The minimum Gasteiger partial charge on any atom is -0.507 e. The van der Waals surface area contributed by atoms with Crippen molar-refractivity contribution in [3.05, 3.63) is 23.8 Å². The number of carbonyl (C=O) groups is 1. The van der Waals surface area contributed by atoms with Crippen LogP contribution < -0.4 is 4.90 Å². The summed E-state index contributed by atoms with van der Waals surface area (Å²) in [5, 5.41) is 19.5. The van der Waals surface area contributed by atoms with Gasteiger partial charge in [-0.1, -0.05) is 13.0 Å². The second-order valence-corrected chi connectivity index (χ2v) is 5.13. The summed E-state index contributed by atoms with van der Waals surface area (Å²) in [5.41, 5.74) is 1.27. The smallest absolute Gasteiger partial charge is 0.241 e. The zero-order valence-electron chi connectivity index (χ0n) is 12.6. The third-order valence-corrected chi connectivity index (χ3v) is 3.15. The molecule has 0 saturated carbocycles. The van der Waals surface area contributed by atoms with E-state index in [-0.39, 0.29) is 18.2 Å². The highest BCUT2D eigenvalue weighted by Crippen LogP contribution is 2.29. The van der Waals surface area contributed by atoms with E-state index in [9.17, 15) is 15.0 Å². The number of anilines is 1. The molecule has 1 unspecified atom stereocenters. The van der Waals surface area contributed by atoms with Crippen molar-refractivity contribution in [2.24, 2.45) is 0 Å². The maximum Gasteiger partial charge on any atom is 0.241 e. The summed E-state index contributed by atoms with van der Waals surface area (Å²) < 4.78 is 0. The van der Waals surface area contributed by atoms with Crippen LogP contribution in [0.25, 0.3) is 0 Å². The highest BCUT2D eigenvalue weighted by atomic mass is 16.3. The summed E-state index contributed by atoms with van der Waals surface area (Å²) in [6.07, 6.45) is 0.187. The number of aliphatic hydroxyl groups excluding tert-OH is 1. The second-order valence-electron chi connectivity index (χ2n) is 5.13. The lowest BCUT2D eigenvalue weighted by Gasteiger charge is -2.26. The number of hydrogen-bond acceptors (Lipinski definition) is 4. The average Bonchev–Trinajstić information content (AvgIpc) is 2.37. The molecule has 0 fully saturated rings. The predicted octanol–water partition coefficient (Wildman–Crippen LogP) is 1.75. The number of aliphatic hydroxyl groups is 1. The van der Waals surface area contributed by atoms with Crippen LogP contribution in [0.3, 0.4) is 0 Å². The van der Waals surface area contributed by atoms with E-state index in [0.717, 1.165) is 18.7 Å². The lowest BCUT2D eigenvalue weighted by Crippen LogP contribution is -2.37. The molecule has 0 bridgehead atoms. The van der Waals surface area contributed by atoms with E-state index in [2.05, 4.69) is 0 Å². The Morgan fingerprint density at radius 3 is 2.45 bits per heavy atom. The molecule has 0 saturated heterocycles. The van der Waals surface area contributed by atoms with Gasteiger partial charge < -0.3 is 20.0 Å². The van der Waals surface area contributed by atoms with Crippen molar-refractivity contribution < 1.29 is 15.0 Å². The van der Waals surface area contributed by atoms with Crippen LogP contribution in [0, 0.1) is 0 Å². The molecule has 0 aliphatic heterocycles. The Bertz CT molecular complexity index is 458. The molecule has 0 aliphatic carbocycles. The number of phenols is 1. The highest BCUT2D eigenvalue weighted by molar-refractivity contribution is 5.81. The summed E-state index contributed by atoms with van der Waals surface area (Å²) in [6, 6.07) is 5.11. The fourth-order valence-electron chi connectivity index (χ4n) is 1.96. The number of phenolic OH excluding ortho intramolecular Hbond substituents is 1. The SMILES string of the molecule is CCCN(CC(=O)N(C)C)c1ccc(C(C)O)c(O)c1. The van der Waals surface area contributed by atoms with Crippen molar-refractivity contribution in [3.63, 3.8) is 0 Å². The quantitative estimate of drug-likeness (QED) is 0.833. The molecule has 112 valence electrons. The van der Waals surface area contributed by atoms with Gasteiger partial charge in [0, 0.05) is 38.0 Å². The van der Waals surface area contributed by atoms with Crippen molar-refractivity contribution >= 4 is 11.6 Å². The Morgan fingerprint density at radius 2 is 2.00 bits per heavy atom. The Labute approximate surface area is 120 Å². The van der Waals surface area contributed by atoms with Gasteiger partial charge in [-0.2, -0.15) is 0 Å². The van der Waals surface area contributed by atoms with Gasteiger partial charge in [0.25, 0.3) is 0 Å². The summed E-state index contributed by atoms with van der Waals surface area (Å²) in [5.74, 6) is 0.0634. The third kappa shape index (κ3) is 4.13. The van der Waals surface area contributed by atoms with Crippen molar-refractivity contribution in [3.8, 4) is 5.75 Å². The first kappa shape index (κ1) is 16.3. The molecule has 0 spiro atoms. The van der Waals surface area contributed by atoms with Gasteiger partial charge >= 0.3 is 0 Å². The molecule has 0 radical (unpaired) electrons. The summed E-state index contributed by atoms with van der Waals surface area (Å²) in [4.78, 5) is 15.3. The zero-order chi connectivity index (χ0) is 15.3. The Morgan fingerprint density at radius 1 is 1.35 bits per heavy atom. The molecule has 0 aliphatic rings. The summed E-state index contributed by atoms with van der Waals surface area (Å²) >= 11 is 0. The number of likely N-dealkylation sites (N-methyl/N-ethyl adjacent to an activating group) is 1. The predicted molar refractivity (Wildman–Crippen MR) is 79.9 cm³/mol. The maximum absolute atomic E-state index is 11.8. The van der Waals surface area contributed by atoms with Crippen LogP contribution in [-0.4, -0.2) is 48.2 Å². The van der Waals surface area contributed by atoms with Gasteiger partial charge in [0.05, 0.1) is 12.6 Å². The molecule has 1 aromatic rings. The normalized spacial score (nSPS) is 12.1. The van der Waals surface area contributed by atoms with Crippen LogP contribution in [0.15, 0.2) is 18.2 Å². The first-order valence-electron chi connectivity index (χ1n) is 6.82. The molecule has 0 heterocycles. The largest absolute Gasteiger partial charge is 0.507 e. The topological polar surface area (TPSA) is 64.0 Å². The van der Waals surface area contributed by atoms with E-state index in [0.29, 0.717) is 5.56 Å². The number of aromatic hydroxyl groups is 1. The number of hydrogen-bond donors (Lipinski definition) is 2. The molecule has 2 N–H and O–H groups in total. The maximum atomic E-state index is 11.8. The van der Waals surface area contributed by atoms with Crippen LogP contribution in [-0.2, 0) is 4.79 Å². The molecule has 20 heavy (non-hydrogen) atoms. The molecular weight excluding hydrogens is 256 g/mol. The van der Waals surface area contributed by atoms with Crippen LogP contribution in [0.1, 0.15) is 31.9 Å². The molecule has 1 aromatic carbocycles. The van der Waals surface area contributed by atoms with Crippen LogP contribution in [0.2, 0.25) is 0 Å². The molecule has 1 atom stereocenters. The van der Waals surface area contributed by atoms with Gasteiger partial charge in [-0.25, -0.2) is 0 Å². The van der Waals surface area contributed by atoms with Gasteiger partial charge in [0.15, 0.2) is 0 Å². The monoisotopic (exact) mass is 280 g/mol. The lowest BCUT2D eigenvalue weighted by molar-refractivity contribution is -0.127. The Hall–Kier alpha value is -1.75. The van der Waals surface area contributed by atoms with Crippen molar-refractivity contribution in [1.29, 1.82) is 0 Å². The van der Waals surface area contributed by atoms with Crippen molar-refractivity contribution in [1.82, 2.24) is 4.90 Å². The second kappa shape index (κ2) is 7.14. The van der Waals surface area contributed by atoms with Gasteiger partial charge in [-0.05, 0) is 19.4 Å². The summed E-state index contributed by atoms with van der Waals surface area (Å²) in [6.45, 7) is 4.65. The van der Waals surface area contributed by atoms with E-state index in [1.54, 1.807) is 38.1 Å². The number of nitrogens with zero attached hydrogens (tertiary/aromatic N) is 2. The highest BCUT2D eigenvalue weighted by Gasteiger charge is 2.15. The van der Waals surface area contributed by atoms with Gasteiger partial charge in [-0.15, -0.1) is 0 Å². The van der Waals surface area contributed by atoms with Crippen molar-refractivity contribution in [2.75, 3.05) is 32.1 Å². The van der Waals surface area contributed by atoms with Crippen molar-refractivity contribution in [2.45, 2.75) is 26.4 Å². The molecule has 1 amide bonds. The number of carbonyl (C=O) groups excluding carboxylic acids is 1. The lowest BCUT2D eigenvalue weighted by atomic mass is 10.1. The van der Waals surface area contributed by atoms with E-state index >= 15 is 0 Å². The molecule has 5 nitrogen and oxygen atoms in total. The Balaban J connectivity index is 2.97. The fraction of sp³-hybridized carbons (Fsp3) is 0.533. The Kier molecular flexibility index (Phi) is 5.82. The minimum absolute atomic E-state index is 0.0116. The molecule has 5 heteroatoms. The molecular formula is C15H24N2O3.